The molecule has 238 valence electrons. The van der Waals surface area contributed by atoms with Gasteiger partial charge in [0.15, 0.2) is 0 Å². The Labute approximate surface area is 261 Å². The number of hydrogen-bond acceptors (Lipinski definition) is 8. The molecule has 1 aromatic carbocycles. The molecule has 11 nitrogen and oxygen atoms in total. The monoisotopic (exact) mass is 604 g/mol. The predicted molar refractivity (Wildman–Crippen MR) is 172 cm³/mol. The number of likely N-dealkylation sites (N-methyl/N-ethyl adjacent to an activating group) is 1. The van der Waals surface area contributed by atoms with Crippen molar-refractivity contribution in [2.24, 2.45) is 11.3 Å². The summed E-state index contributed by atoms with van der Waals surface area (Å²) in [7, 11) is 5.50. The van der Waals surface area contributed by atoms with Crippen LogP contribution >= 0.6 is 0 Å². The molecule has 0 N–H and O–H groups in total. The van der Waals surface area contributed by atoms with Gasteiger partial charge in [0, 0.05) is 39.8 Å². The molecule has 1 atom stereocenters. The Morgan fingerprint density at radius 1 is 1.16 bits per heavy atom. The van der Waals surface area contributed by atoms with Crippen LogP contribution in [0.4, 0.5) is 0 Å². The molecule has 3 heterocycles. The molecule has 2 amide bonds. The van der Waals surface area contributed by atoms with Crippen molar-refractivity contribution >= 4 is 11.8 Å². The van der Waals surface area contributed by atoms with Crippen LogP contribution in [0.3, 0.4) is 0 Å². The van der Waals surface area contributed by atoms with Gasteiger partial charge in [-0.2, -0.15) is 0 Å². The number of piperazine rings is 1. The highest BCUT2D eigenvalue weighted by atomic mass is 16.5. The minimum atomic E-state index is -0.505. The van der Waals surface area contributed by atoms with Gasteiger partial charge in [0.25, 0.3) is 5.91 Å². The third-order valence-electron chi connectivity index (χ3n) is 9.08. The Morgan fingerprint density at radius 2 is 1.89 bits per heavy atom. The van der Waals surface area contributed by atoms with Gasteiger partial charge in [0.1, 0.15) is 12.1 Å². The first kappa shape index (κ1) is 33.1. The molecule has 2 fully saturated rings. The van der Waals surface area contributed by atoms with E-state index in [-0.39, 0.29) is 17.7 Å². The van der Waals surface area contributed by atoms with Gasteiger partial charge in [-0.05, 0) is 93.0 Å². The van der Waals surface area contributed by atoms with E-state index in [4.69, 9.17) is 4.74 Å². The number of aromatic nitrogens is 4. The standard InChI is InChI=1S/C33H48N8O3/c1-7-9-10-27(8-2)33(32(43)40-21-19-37(4)20-22-40)14-17-39(18-15-33)16-13-26(3)24-38(5)31(42)29-23-28(11-12-30(29)44-6)41-25-34-35-36-41/h7-12,23,25-26H,1,13-22,24H2,2-6H3/b10-9-,27-8+. The molecule has 2 aliphatic heterocycles. The van der Waals surface area contributed by atoms with Crippen LogP contribution < -0.4 is 4.74 Å². The molecule has 1 aromatic heterocycles. The second-order valence-electron chi connectivity index (χ2n) is 12.1. The first-order chi connectivity index (χ1) is 21.2. The lowest BCUT2D eigenvalue weighted by Gasteiger charge is -2.45. The van der Waals surface area contributed by atoms with E-state index < -0.39 is 5.41 Å². The molecule has 1 unspecified atom stereocenters. The molecule has 0 bridgehead atoms. The first-order valence-corrected chi connectivity index (χ1v) is 15.6. The smallest absolute Gasteiger partial charge is 0.257 e. The number of hydrogen-bond donors (Lipinski definition) is 0. The van der Waals surface area contributed by atoms with Gasteiger partial charge in [0.05, 0.1) is 23.8 Å². The van der Waals surface area contributed by atoms with E-state index in [1.165, 1.54) is 11.0 Å². The zero-order valence-corrected chi connectivity index (χ0v) is 27.0. The zero-order valence-electron chi connectivity index (χ0n) is 27.0. The van der Waals surface area contributed by atoms with Gasteiger partial charge >= 0.3 is 0 Å². The number of carbonyl (C=O) groups excluding carboxylic acids is 2. The summed E-state index contributed by atoms with van der Waals surface area (Å²) < 4.78 is 7.00. The minimum Gasteiger partial charge on any atom is -0.496 e. The van der Waals surface area contributed by atoms with Crippen molar-refractivity contribution in [3.8, 4) is 11.4 Å². The van der Waals surface area contributed by atoms with Crippen LogP contribution in [0.2, 0.25) is 0 Å². The van der Waals surface area contributed by atoms with Crippen LogP contribution in [-0.4, -0.2) is 125 Å². The Morgan fingerprint density at radius 3 is 2.50 bits per heavy atom. The maximum Gasteiger partial charge on any atom is 0.257 e. The number of methoxy groups -OCH3 is 1. The predicted octanol–water partition coefficient (Wildman–Crippen LogP) is 3.31. The number of carbonyl (C=O) groups is 2. The van der Waals surface area contributed by atoms with E-state index in [2.05, 4.69) is 62.9 Å². The Kier molecular flexibility index (Phi) is 11.5. The maximum atomic E-state index is 14.1. The Hall–Kier alpha value is -3.83. The van der Waals surface area contributed by atoms with Gasteiger partial charge in [-0.25, -0.2) is 4.68 Å². The van der Waals surface area contributed by atoms with Crippen LogP contribution in [0.15, 0.2) is 61.0 Å². The number of allylic oxidation sites excluding steroid dienone is 4. The first-order valence-electron chi connectivity index (χ1n) is 15.6. The lowest BCUT2D eigenvalue weighted by atomic mass is 9.70. The van der Waals surface area contributed by atoms with Gasteiger partial charge in [0.2, 0.25) is 5.91 Å². The van der Waals surface area contributed by atoms with Gasteiger partial charge in [-0.15, -0.1) is 5.10 Å². The van der Waals surface area contributed by atoms with Gasteiger partial charge < -0.3 is 24.3 Å². The van der Waals surface area contributed by atoms with E-state index in [1.807, 2.05) is 26.1 Å². The van der Waals surface area contributed by atoms with Crippen LogP contribution in [-0.2, 0) is 4.79 Å². The molecule has 2 saturated heterocycles. The molecular weight excluding hydrogens is 556 g/mol. The van der Waals surface area contributed by atoms with Crippen molar-refractivity contribution < 1.29 is 14.3 Å². The number of tetrazole rings is 1. The molecular formula is C33H48N8O3. The summed E-state index contributed by atoms with van der Waals surface area (Å²) in [4.78, 5) is 36.1. The van der Waals surface area contributed by atoms with Crippen LogP contribution in [0.1, 0.15) is 43.5 Å². The minimum absolute atomic E-state index is 0.111. The number of benzene rings is 1. The topological polar surface area (TPSA) is 99.9 Å². The summed E-state index contributed by atoms with van der Waals surface area (Å²) >= 11 is 0. The van der Waals surface area contributed by atoms with Crippen LogP contribution in [0.25, 0.3) is 5.69 Å². The summed E-state index contributed by atoms with van der Waals surface area (Å²) in [5.41, 5.74) is 1.75. The summed E-state index contributed by atoms with van der Waals surface area (Å²) in [5, 5.41) is 11.3. The van der Waals surface area contributed by atoms with Crippen LogP contribution in [0.5, 0.6) is 5.75 Å². The maximum absolute atomic E-state index is 14.1. The fourth-order valence-corrected chi connectivity index (χ4v) is 6.34. The molecule has 2 aromatic rings. The number of piperidine rings is 1. The third-order valence-corrected chi connectivity index (χ3v) is 9.08. The van der Waals surface area contributed by atoms with Crippen LogP contribution in [0, 0.1) is 11.3 Å². The average molecular weight is 605 g/mol. The van der Waals surface area contributed by atoms with Crippen molar-refractivity contribution in [1.82, 2.24) is 39.8 Å². The molecule has 4 rings (SSSR count). The van der Waals surface area contributed by atoms with Crippen molar-refractivity contribution in [1.29, 1.82) is 0 Å². The summed E-state index contributed by atoms with van der Waals surface area (Å²) in [5.74, 6) is 0.955. The Balaban J connectivity index is 1.35. The highest BCUT2D eigenvalue weighted by molar-refractivity contribution is 5.97. The largest absolute Gasteiger partial charge is 0.496 e. The SMILES string of the molecule is C=C/C=C\C(=C/C)C1(C(=O)N2CCN(C)CC2)CCN(CCC(C)CN(C)C(=O)c2cc(-n3cnnn3)ccc2OC)CC1. The fraction of sp³-hybridized carbons (Fsp3) is 0.545. The number of amides is 2. The van der Waals surface area contributed by atoms with E-state index in [0.29, 0.717) is 23.5 Å². The molecule has 0 spiro atoms. The summed E-state index contributed by atoms with van der Waals surface area (Å²) in [6.07, 6.45) is 11.9. The Bertz CT molecular complexity index is 1320. The summed E-state index contributed by atoms with van der Waals surface area (Å²) in [6, 6.07) is 5.33. The second-order valence-corrected chi connectivity index (χ2v) is 12.1. The second kappa shape index (κ2) is 15.3. The molecule has 2 aliphatic rings. The lowest BCUT2D eigenvalue weighted by Crippen LogP contribution is -2.55. The number of ether oxygens (including phenoxy) is 1. The number of likely N-dealkylation sites (tertiary alicyclic amines) is 1. The van der Waals surface area contributed by atoms with Crippen molar-refractivity contribution in [3.05, 3.63) is 66.5 Å². The van der Waals surface area contributed by atoms with Crippen molar-refractivity contribution in [2.75, 3.05) is 73.6 Å². The quantitative estimate of drug-likeness (QED) is 0.341. The van der Waals surface area contributed by atoms with Gasteiger partial charge in [-0.1, -0.05) is 37.8 Å². The number of rotatable bonds is 12. The average Bonchev–Trinajstić information content (AvgIpc) is 3.59. The molecule has 0 radical (unpaired) electrons. The van der Waals surface area contributed by atoms with E-state index in [0.717, 1.165) is 70.6 Å². The van der Waals surface area contributed by atoms with Crippen molar-refractivity contribution in [3.63, 3.8) is 0 Å². The third kappa shape index (κ3) is 7.62. The zero-order chi connectivity index (χ0) is 31.7. The van der Waals surface area contributed by atoms with E-state index >= 15 is 0 Å². The number of nitrogens with zero attached hydrogens (tertiary/aromatic N) is 8. The lowest BCUT2D eigenvalue weighted by molar-refractivity contribution is -0.144. The van der Waals surface area contributed by atoms with E-state index in [1.54, 1.807) is 30.2 Å². The molecule has 44 heavy (non-hydrogen) atoms. The van der Waals surface area contributed by atoms with E-state index in [9.17, 15) is 9.59 Å². The molecule has 0 saturated carbocycles. The highest BCUT2D eigenvalue weighted by Crippen LogP contribution is 2.42. The fourth-order valence-electron chi connectivity index (χ4n) is 6.34. The van der Waals surface area contributed by atoms with Crippen molar-refractivity contribution in [2.45, 2.75) is 33.1 Å². The normalized spacial score (nSPS) is 18.8. The highest BCUT2D eigenvalue weighted by Gasteiger charge is 2.45. The molecule has 0 aliphatic carbocycles. The summed E-state index contributed by atoms with van der Waals surface area (Å²) in [6.45, 7) is 14.7. The van der Waals surface area contributed by atoms with Gasteiger partial charge in [-0.3, -0.25) is 9.59 Å². The molecule has 11 heteroatoms.